The van der Waals surface area contributed by atoms with Gasteiger partial charge in [-0.1, -0.05) is 5.16 Å². The molecular weight excluding hydrogens is 248 g/mol. The van der Waals surface area contributed by atoms with E-state index in [9.17, 15) is 4.79 Å². The van der Waals surface area contributed by atoms with Crippen molar-refractivity contribution in [2.24, 2.45) is 0 Å². The van der Waals surface area contributed by atoms with Crippen LogP contribution in [-0.2, 0) is 0 Å². The molecular formula is C13H10N2O4. The largest absolute Gasteiger partial charge is 0.497 e. The number of benzene rings is 1. The van der Waals surface area contributed by atoms with E-state index in [2.05, 4.69) is 10.1 Å². The van der Waals surface area contributed by atoms with Crippen LogP contribution >= 0.6 is 0 Å². The zero-order valence-electron chi connectivity index (χ0n) is 10.0. The third-order valence-corrected chi connectivity index (χ3v) is 2.93. The molecule has 0 saturated heterocycles. The maximum atomic E-state index is 11.1. The van der Waals surface area contributed by atoms with Gasteiger partial charge in [-0.3, -0.25) is 0 Å². The molecule has 0 aliphatic rings. The van der Waals surface area contributed by atoms with Crippen LogP contribution < -0.4 is 4.74 Å². The lowest BCUT2D eigenvalue weighted by Gasteiger charge is -2.00. The summed E-state index contributed by atoms with van der Waals surface area (Å²) in [7, 11) is 1.59. The van der Waals surface area contributed by atoms with Gasteiger partial charge in [-0.25, -0.2) is 4.79 Å². The van der Waals surface area contributed by atoms with Gasteiger partial charge in [-0.15, -0.1) is 0 Å². The average Bonchev–Trinajstić information content (AvgIpc) is 3.03. The number of fused-ring (bicyclic) bond motifs is 1. The van der Waals surface area contributed by atoms with Crippen molar-refractivity contribution < 1.29 is 19.2 Å². The second-order valence-electron chi connectivity index (χ2n) is 3.99. The predicted molar refractivity (Wildman–Crippen MR) is 67.3 cm³/mol. The Balaban J connectivity index is 2.20. The van der Waals surface area contributed by atoms with Crippen LogP contribution in [0.1, 0.15) is 10.4 Å². The van der Waals surface area contributed by atoms with E-state index in [1.807, 2.05) is 12.1 Å². The molecule has 0 radical (unpaired) electrons. The van der Waals surface area contributed by atoms with Crippen molar-refractivity contribution in [3.05, 3.63) is 36.2 Å². The van der Waals surface area contributed by atoms with Crippen LogP contribution in [0.3, 0.4) is 0 Å². The normalized spacial score (nSPS) is 10.8. The molecule has 0 unspecified atom stereocenters. The Bertz CT molecular complexity index is 757. The molecule has 6 nitrogen and oxygen atoms in total. The van der Waals surface area contributed by atoms with Crippen LogP contribution in [0.2, 0.25) is 0 Å². The number of carboxylic acids is 1. The summed E-state index contributed by atoms with van der Waals surface area (Å²) in [6.45, 7) is 0. The minimum Gasteiger partial charge on any atom is -0.497 e. The molecule has 0 spiro atoms. The van der Waals surface area contributed by atoms with Gasteiger partial charge in [0.1, 0.15) is 11.3 Å². The Morgan fingerprint density at radius 1 is 1.47 bits per heavy atom. The quantitative estimate of drug-likeness (QED) is 0.753. The smallest absolute Gasteiger partial charge is 0.341 e. The molecule has 0 atom stereocenters. The summed E-state index contributed by atoms with van der Waals surface area (Å²) in [5.74, 6) is -0.111. The lowest BCUT2D eigenvalue weighted by molar-refractivity contribution is 0.0697. The maximum absolute atomic E-state index is 11.1. The first kappa shape index (κ1) is 11.3. The van der Waals surface area contributed by atoms with E-state index >= 15 is 0 Å². The average molecular weight is 258 g/mol. The van der Waals surface area contributed by atoms with Gasteiger partial charge >= 0.3 is 5.97 Å². The van der Waals surface area contributed by atoms with E-state index in [0.29, 0.717) is 5.56 Å². The molecule has 96 valence electrons. The lowest BCUT2D eigenvalue weighted by Crippen LogP contribution is -1.95. The number of carbonyl (C=O) groups is 1. The van der Waals surface area contributed by atoms with Gasteiger partial charge in [0, 0.05) is 28.7 Å². The number of H-pyrrole nitrogens is 1. The van der Waals surface area contributed by atoms with Crippen LogP contribution in [0.25, 0.3) is 22.2 Å². The Kier molecular flexibility index (Phi) is 2.49. The number of nitrogens with one attached hydrogen (secondary N) is 1. The molecule has 3 aromatic rings. The lowest BCUT2D eigenvalue weighted by atomic mass is 10.1. The number of aromatic nitrogens is 2. The van der Waals surface area contributed by atoms with E-state index in [1.54, 1.807) is 19.4 Å². The van der Waals surface area contributed by atoms with Crippen molar-refractivity contribution in [2.75, 3.05) is 7.11 Å². The highest BCUT2D eigenvalue weighted by atomic mass is 16.5. The monoisotopic (exact) mass is 258 g/mol. The highest BCUT2D eigenvalue weighted by Gasteiger charge is 2.19. The second kappa shape index (κ2) is 4.16. The van der Waals surface area contributed by atoms with Crippen molar-refractivity contribution >= 4 is 16.9 Å². The molecule has 3 rings (SSSR count). The minimum absolute atomic E-state index is 0.0386. The van der Waals surface area contributed by atoms with Gasteiger partial charge in [0.15, 0.2) is 5.76 Å². The number of carboxylic acid groups (broad SMARTS) is 1. The van der Waals surface area contributed by atoms with E-state index < -0.39 is 5.97 Å². The number of aromatic carboxylic acids is 1. The third-order valence-electron chi connectivity index (χ3n) is 2.93. The fourth-order valence-electron chi connectivity index (χ4n) is 2.01. The number of nitrogens with zero attached hydrogens (tertiary/aromatic N) is 1. The summed E-state index contributed by atoms with van der Waals surface area (Å²) < 4.78 is 10.2. The van der Waals surface area contributed by atoms with Crippen molar-refractivity contribution in [1.29, 1.82) is 0 Å². The molecule has 0 saturated carbocycles. The zero-order valence-corrected chi connectivity index (χ0v) is 10.0. The Morgan fingerprint density at radius 2 is 2.32 bits per heavy atom. The first-order valence-corrected chi connectivity index (χ1v) is 5.54. The first-order chi connectivity index (χ1) is 9.20. The number of hydrogen-bond acceptors (Lipinski definition) is 4. The highest BCUT2D eigenvalue weighted by molar-refractivity contribution is 6.01. The standard InChI is InChI=1S/C13H10N2O4/c1-18-7-2-3-8-9(5-14-11(8)4-7)12-10(13(16)17)6-15-19-12/h2-6,14H,1H3,(H,16,17). The van der Waals surface area contributed by atoms with Crippen molar-refractivity contribution in [2.45, 2.75) is 0 Å². The molecule has 0 aliphatic heterocycles. The van der Waals surface area contributed by atoms with Crippen LogP contribution in [0.15, 0.2) is 35.1 Å². The van der Waals surface area contributed by atoms with Crippen LogP contribution in [0, 0.1) is 0 Å². The molecule has 6 heteroatoms. The second-order valence-corrected chi connectivity index (χ2v) is 3.99. The van der Waals surface area contributed by atoms with Crippen molar-refractivity contribution in [3.8, 4) is 17.1 Å². The van der Waals surface area contributed by atoms with E-state index in [4.69, 9.17) is 14.4 Å². The number of ether oxygens (including phenoxy) is 1. The van der Waals surface area contributed by atoms with Gasteiger partial charge in [-0.2, -0.15) is 0 Å². The van der Waals surface area contributed by atoms with Gasteiger partial charge in [-0.05, 0) is 12.1 Å². The maximum Gasteiger partial charge on any atom is 0.341 e. The molecule has 0 fully saturated rings. The first-order valence-electron chi connectivity index (χ1n) is 5.54. The van der Waals surface area contributed by atoms with Gasteiger partial charge in [0.05, 0.1) is 13.3 Å². The molecule has 19 heavy (non-hydrogen) atoms. The number of aromatic amines is 1. The van der Waals surface area contributed by atoms with Gasteiger partial charge in [0.2, 0.25) is 0 Å². The minimum atomic E-state index is -1.07. The molecule has 0 aliphatic carbocycles. The number of methoxy groups -OCH3 is 1. The van der Waals surface area contributed by atoms with Crippen molar-refractivity contribution in [1.82, 2.24) is 10.1 Å². The van der Waals surface area contributed by atoms with E-state index in [-0.39, 0.29) is 11.3 Å². The molecule has 0 amide bonds. The Morgan fingerprint density at radius 3 is 3.05 bits per heavy atom. The van der Waals surface area contributed by atoms with Gasteiger partial charge in [0.25, 0.3) is 0 Å². The summed E-state index contributed by atoms with van der Waals surface area (Å²) >= 11 is 0. The molecule has 2 heterocycles. The Labute approximate surface area is 107 Å². The highest BCUT2D eigenvalue weighted by Crippen LogP contribution is 2.32. The number of rotatable bonds is 3. The van der Waals surface area contributed by atoms with E-state index in [1.165, 1.54) is 6.20 Å². The van der Waals surface area contributed by atoms with Crippen LogP contribution in [-0.4, -0.2) is 28.3 Å². The topological polar surface area (TPSA) is 88.3 Å². The summed E-state index contributed by atoms with van der Waals surface area (Å²) in [5, 5.41) is 13.5. The van der Waals surface area contributed by atoms with Gasteiger partial charge < -0.3 is 19.4 Å². The zero-order chi connectivity index (χ0) is 13.4. The van der Waals surface area contributed by atoms with Crippen LogP contribution in [0.5, 0.6) is 5.75 Å². The summed E-state index contributed by atoms with van der Waals surface area (Å²) in [6.07, 6.45) is 2.89. The predicted octanol–water partition coefficient (Wildman–Crippen LogP) is 2.53. The fraction of sp³-hybridized carbons (Fsp3) is 0.0769. The molecule has 2 N–H and O–H groups in total. The number of hydrogen-bond donors (Lipinski definition) is 2. The summed E-state index contributed by atoms with van der Waals surface area (Å²) in [4.78, 5) is 14.1. The van der Waals surface area contributed by atoms with Crippen LogP contribution in [0.4, 0.5) is 0 Å². The third kappa shape index (κ3) is 1.74. The molecule has 2 aromatic heterocycles. The summed E-state index contributed by atoms with van der Waals surface area (Å²) in [5.41, 5.74) is 1.53. The fourth-order valence-corrected chi connectivity index (χ4v) is 2.01. The SMILES string of the molecule is COc1ccc2c(-c3oncc3C(=O)O)c[nH]c2c1. The summed E-state index contributed by atoms with van der Waals surface area (Å²) in [6, 6.07) is 5.47. The molecule has 1 aromatic carbocycles. The Hall–Kier alpha value is -2.76. The van der Waals surface area contributed by atoms with E-state index in [0.717, 1.165) is 16.7 Å². The molecule has 0 bridgehead atoms. The van der Waals surface area contributed by atoms with Crippen molar-refractivity contribution in [3.63, 3.8) is 0 Å².